The van der Waals surface area contributed by atoms with Gasteiger partial charge in [0, 0.05) is 28.6 Å². The van der Waals surface area contributed by atoms with Crippen molar-refractivity contribution in [3.8, 4) is 0 Å². The average molecular weight is 396 g/mol. The number of carbonyl (C=O) groups excluding carboxylic acids is 1. The lowest BCUT2D eigenvalue weighted by molar-refractivity contribution is 0.102. The van der Waals surface area contributed by atoms with Crippen LogP contribution in [0.3, 0.4) is 0 Å². The Bertz CT molecular complexity index is 833. The highest BCUT2D eigenvalue weighted by molar-refractivity contribution is 9.10. The van der Waals surface area contributed by atoms with E-state index in [-0.39, 0.29) is 5.91 Å². The largest absolute Gasteiger partial charge is 0.327 e. The number of amides is 1. The molecule has 0 aliphatic rings. The molecule has 0 fully saturated rings. The summed E-state index contributed by atoms with van der Waals surface area (Å²) in [5.41, 5.74) is 2.34. The molecule has 0 spiro atoms. The molecule has 3 aromatic rings. The summed E-state index contributed by atoms with van der Waals surface area (Å²) in [4.78, 5) is 18.9. The Balaban J connectivity index is 1.75. The Labute approximate surface area is 155 Å². The topological polar surface area (TPSA) is 45.2 Å². The van der Waals surface area contributed by atoms with E-state index in [0.717, 1.165) is 28.2 Å². The van der Waals surface area contributed by atoms with Gasteiger partial charge in [0.2, 0.25) is 0 Å². The molecule has 0 saturated heterocycles. The summed E-state index contributed by atoms with van der Waals surface area (Å²) in [5.74, 6) is 0.637. The molecule has 0 radical (unpaired) electrons. The fraction of sp³-hybridized carbons (Fsp3) is 0.100. The highest BCUT2D eigenvalue weighted by Gasteiger charge is 2.11. The Morgan fingerprint density at radius 3 is 2.36 bits per heavy atom. The second-order valence-electron chi connectivity index (χ2n) is 5.45. The van der Waals surface area contributed by atoms with E-state index in [9.17, 15) is 4.79 Å². The van der Waals surface area contributed by atoms with Gasteiger partial charge in [0.1, 0.15) is 5.82 Å². The van der Waals surface area contributed by atoms with Crippen LogP contribution >= 0.6 is 15.9 Å². The van der Waals surface area contributed by atoms with Crippen LogP contribution in [-0.2, 0) is 0 Å². The van der Waals surface area contributed by atoms with E-state index in [2.05, 4.69) is 38.1 Å². The molecule has 0 saturated carbocycles. The van der Waals surface area contributed by atoms with Gasteiger partial charge in [-0.25, -0.2) is 4.98 Å². The quantitative estimate of drug-likeness (QED) is 0.640. The molecular weight excluding hydrogens is 378 g/mol. The monoisotopic (exact) mass is 395 g/mol. The van der Waals surface area contributed by atoms with E-state index in [1.165, 1.54) is 0 Å². The maximum absolute atomic E-state index is 12.3. The second-order valence-corrected chi connectivity index (χ2v) is 6.36. The normalized spacial score (nSPS) is 10.3. The Kier molecular flexibility index (Phi) is 5.46. The van der Waals surface area contributed by atoms with E-state index >= 15 is 0 Å². The zero-order chi connectivity index (χ0) is 17.6. The van der Waals surface area contributed by atoms with Gasteiger partial charge in [0.05, 0.1) is 5.56 Å². The molecule has 126 valence electrons. The molecular formula is C20H18BrN3O. The number of para-hydroxylation sites is 1. The number of halogens is 1. The van der Waals surface area contributed by atoms with Crippen LogP contribution in [-0.4, -0.2) is 17.4 Å². The highest BCUT2D eigenvalue weighted by Crippen LogP contribution is 2.23. The number of hydrogen-bond acceptors (Lipinski definition) is 3. The summed E-state index contributed by atoms with van der Waals surface area (Å²) in [5, 5.41) is 2.87. The molecule has 0 bridgehead atoms. The molecule has 4 nitrogen and oxygen atoms in total. The molecule has 1 aromatic heterocycles. The third-order valence-electron chi connectivity index (χ3n) is 3.77. The van der Waals surface area contributed by atoms with Gasteiger partial charge in [0.25, 0.3) is 5.91 Å². The first-order valence-corrected chi connectivity index (χ1v) is 8.82. The van der Waals surface area contributed by atoms with Crippen molar-refractivity contribution in [1.82, 2.24) is 4.98 Å². The van der Waals surface area contributed by atoms with Crippen LogP contribution < -0.4 is 10.2 Å². The standard InChI is InChI=1S/C20H18BrN3O/c1-2-24(18-6-4-3-5-7-18)19-13-8-15(14-22-19)20(25)23-17-11-9-16(21)10-12-17/h3-14H,2H2,1H3,(H,23,25). The van der Waals surface area contributed by atoms with Crippen molar-refractivity contribution in [2.24, 2.45) is 0 Å². The molecule has 1 amide bonds. The lowest BCUT2D eigenvalue weighted by atomic mass is 10.2. The van der Waals surface area contributed by atoms with Crippen LogP contribution in [0.15, 0.2) is 77.4 Å². The Hall–Kier alpha value is -2.66. The first-order valence-electron chi connectivity index (χ1n) is 8.03. The summed E-state index contributed by atoms with van der Waals surface area (Å²) >= 11 is 3.38. The fourth-order valence-electron chi connectivity index (χ4n) is 2.50. The van der Waals surface area contributed by atoms with Crippen molar-refractivity contribution >= 4 is 39.0 Å². The maximum Gasteiger partial charge on any atom is 0.257 e. The number of aromatic nitrogens is 1. The highest BCUT2D eigenvalue weighted by atomic mass is 79.9. The van der Waals surface area contributed by atoms with Crippen LogP contribution in [0.1, 0.15) is 17.3 Å². The van der Waals surface area contributed by atoms with Crippen LogP contribution in [0, 0.1) is 0 Å². The number of pyridine rings is 1. The van der Waals surface area contributed by atoms with E-state index < -0.39 is 0 Å². The van der Waals surface area contributed by atoms with Gasteiger partial charge in [0.15, 0.2) is 0 Å². The number of benzene rings is 2. The van der Waals surface area contributed by atoms with Crippen LogP contribution in [0.25, 0.3) is 0 Å². The maximum atomic E-state index is 12.3. The second kappa shape index (κ2) is 7.94. The van der Waals surface area contributed by atoms with Gasteiger partial charge in [-0.3, -0.25) is 4.79 Å². The lowest BCUT2D eigenvalue weighted by Gasteiger charge is -2.22. The molecule has 1 heterocycles. The molecule has 3 rings (SSSR count). The van der Waals surface area contributed by atoms with Gasteiger partial charge in [-0.15, -0.1) is 0 Å². The predicted molar refractivity (Wildman–Crippen MR) is 105 cm³/mol. The summed E-state index contributed by atoms with van der Waals surface area (Å²) in [6.07, 6.45) is 1.61. The number of rotatable bonds is 5. The number of carbonyl (C=O) groups is 1. The lowest BCUT2D eigenvalue weighted by Crippen LogP contribution is -2.18. The predicted octanol–water partition coefficient (Wildman–Crippen LogP) is 5.25. The Morgan fingerprint density at radius 1 is 1.04 bits per heavy atom. The van der Waals surface area contributed by atoms with Gasteiger partial charge >= 0.3 is 0 Å². The van der Waals surface area contributed by atoms with Crippen molar-refractivity contribution in [1.29, 1.82) is 0 Å². The van der Waals surface area contributed by atoms with Crippen molar-refractivity contribution < 1.29 is 4.79 Å². The van der Waals surface area contributed by atoms with Crippen LogP contribution in [0.5, 0.6) is 0 Å². The van der Waals surface area contributed by atoms with Crippen LogP contribution in [0.2, 0.25) is 0 Å². The summed E-state index contributed by atoms with van der Waals surface area (Å²) in [6, 6.07) is 21.2. The molecule has 25 heavy (non-hydrogen) atoms. The van der Waals surface area contributed by atoms with E-state index in [1.54, 1.807) is 12.3 Å². The van der Waals surface area contributed by atoms with Gasteiger partial charge < -0.3 is 10.2 Å². The number of anilines is 3. The molecule has 5 heteroatoms. The van der Waals surface area contributed by atoms with Gasteiger partial charge in [-0.2, -0.15) is 0 Å². The first kappa shape index (κ1) is 17.2. The number of nitrogens with one attached hydrogen (secondary N) is 1. The van der Waals surface area contributed by atoms with Crippen molar-refractivity contribution in [3.63, 3.8) is 0 Å². The summed E-state index contributed by atoms with van der Waals surface area (Å²) in [6.45, 7) is 2.87. The number of hydrogen-bond donors (Lipinski definition) is 1. The average Bonchev–Trinajstić information content (AvgIpc) is 2.66. The smallest absolute Gasteiger partial charge is 0.257 e. The fourth-order valence-corrected chi connectivity index (χ4v) is 2.77. The zero-order valence-corrected chi connectivity index (χ0v) is 15.4. The molecule has 0 unspecified atom stereocenters. The summed E-state index contributed by atoms with van der Waals surface area (Å²) in [7, 11) is 0. The third kappa shape index (κ3) is 4.25. The number of nitrogens with zero attached hydrogens (tertiary/aromatic N) is 2. The van der Waals surface area contributed by atoms with Gasteiger partial charge in [-0.05, 0) is 55.5 Å². The molecule has 2 aromatic carbocycles. The van der Waals surface area contributed by atoms with Crippen LogP contribution in [0.4, 0.5) is 17.2 Å². The van der Waals surface area contributed by atoms with Crippen molar-refractivity contribution in [2.75, 3.05) is 16.8 Å². The van der Waals surface area contributed by atoms with E-state index in [4.69, 9.17) is 0 Å². The summed E-state index contributed by atoms with van der Waals surface area (Å²) < 4.78 is 0.970. The minimum Gasteiger partial charge on any atom is -0.327 e. The zero-order valence-electron chi connectivity index (χ0n) is 13.8. The Morgan fingerprint density at radius 2 is 1.76 bits per heavy atom. The van der Waals surface area contributed by atoms with E-state index in [1.807, 2.05) is 60.7 Å². The van der Waals surface area contributed by atoms with Crippen molar-refractivity contribution in [3.05, 3.63) is 83.0 Å². The minimum absolute atomic E-state index is 0.177. The molecule has 1 N–H and O–H groups in total. The van der Waals surface area contributed by atoms with Gasteiger partial charge in [-0.1, -0.05) is 34.1 Å². The first-order chi connectivity index (χ1) is 12.2. The minimum atomic E-state index is -0.177. The molecule has 0 atom stereocenters. The van der Waals surface area contributed by atoms with Crippen molar-refractivity contribution in [2.45, 2.75) is 6.92 Å². The van der Waals surface area contributed by atoms with E-state index in [0.29, 0.717) is 5.56 Å². The molecule has 0 aliphatic carbocycles. The third-order valence-corrected chi connectivity index (χ3v) is 4.30. The molecule has 0 aliphatic heterocycles. The SMILES string of the molecule is CCN(c1ccccc1)c1ccc(C(=O)Nc2ccc(Br)cc2)cn1.